The van der Waals surface area contributed by atoms with Crippen molar-refractivity contribution in [3.63, 3.8) is 0 Å². The summed E-state index contributed by atoms with van der Waals surface area (Å²) in [5, 5.41) is 3.00. The summed E-state index contributed by atoms with van der Waals surface area (Å²) >= 11 is 0. The summed E-state index contributed by atoms with van der Waals surface area (Å²) in [6.07, 6.45) is 5.16. The molecule has 5 nitrogen and oxygen atoms in total. The normalized spacial score (nSPS) is 17.7. The van der Waals surface area contributed by atoms with E-state index in [0.29, 0.717) is 23.7 Å². The third kappa shape index (κ3) is 5.80. The summed E-state index contributed by atoms with van der Waals surface area (Å²) in [6, 6.07) is 11.0. The molecule has 0 bridgehead atoms. The Labute approximate surface area is 155 Å². The molecule has 3 rings (SSSR count). The molecule has 1 atom stereocenters. The smallest absolute Gasteiger partial charge is 0.251 e. The van der Waals surface area contributed by atoms with Crippen LogP contribution in [0.1, 0.15) is 35.4 Å². The lowest BCUT2D eigenvalue weighted by Gasteiger charge is -2.32. The fourth-order valence-corrected chi connectivity index (χ4v) is 3.33. The maximum absolute atomic E-state index is 12.1. The Bertz CT molecular complexity index is 660. The highest BCUT2D eigenvalue weighted by molar-refractivity contribution is 5.94. The van der Waals surface area contributed by atoms with Gasteiger partial charge in [0.25, 0.3) is 5.91 Å². The van der Waals surface area contributed by atoms with Crippen LogP contribution in [0, 0.1) is 5.92 Å². The van der Waals surface area contributed by atoms with E-state index in [9.17, 15) is 4.79 Å². The zero-order valence-electron chi connectivity index (χ0n) is 14.3. The minimum Gasteiger partial charge on any atom is -0.468 e. The zero-order valence-corrected chi connectivity index (χ0v) is 15.1. The first-order valence-corrected chi connectivity index (χ1v) is 8.59. The van der Waals surface area contributed by atoms with Crippen LogP contribution in [-0.4, -0.2) is 30.4 Å². The summed E-state index contributed by atoms with van der Waals surface area (Å²) in [5.74, 6) is 1.59. The van der Waals surface area contributed by atoms with Crippen LogP contribution < -0.4 is 11.1 Å². The number of amides is 1. The molecule has 1 unspecified atom stereocenters. The number of carbonyl (C=O) groups is 1. The lowest BCUT2D eigenvalue weighted by Crippen LogP contribution is -2.36. The van der Waals surface area contributed by atoms with Gasteiger partial charge in [-0.15, -0.1) is 12.4 Å². The van der Waals surface area contributed by atoms with Gasteiger partial charge >= 0.3 is 0 Å². The molecule has 3 N–H and O–H groups in total. The first kappa shape index (κ1) is 19.3. The molecular weight excluding hydrogens is 338 g/mol. The van der Waals surface area contributed by atoms with E-state index in [1.54, 1.807) is 30.5 Å². The second kappa shape index (κ2) is 9.49. The molecule has 1 fully saturated rings. The highest BCUT2D eigenvalue weighted by Gasteiger charge is 2.20. The van der Waals surface area contributed by atoms with Crippen LogP contribution in [0.3, 0.4) is 0 Å². The van der Waals surface area contributed by atoms with Gasteiger partial charge in [0.15, 0.2) is 0 Å². The highest BCUT2D eigenvalue weighted by Crippen LogP contribution is 2.21. The molecule has 25 heavy (non-hydrogen) atoms. The molecular formula is C19H26ClN3O2. The van der Waals surface area contributed by atoms with Gasteiger partial charge in [-0.25, -0.2) is 0 Å². The van der Waals surface area contributed by atoms with E-state index in [1.165, 1.54) is 12.8 Å². The third-order valence-corrected chi connectivity index (χ3v) is 4.55. The SMILES string of the molecule is Cl.Nc1cccc(C(=O)NCCC2CCCN(Cc3ccco3)C2)c1. The van der Waals surface area contributed by atoms with E-state index in [1.807, 2.05) is 12.1 Å². The molecule has 0 radical (unpaired) electrons. The summed E-state index contributed by atoms with van der Waals surface area (Å²) in [5.41, 5.74) is 6.96. The number of furan rings is 1. The Morgan fingerprint density at radius 1 is 1.32 bits per heavy atom. The van der Waals surface area contributed by atoms with Crippen LogP contribution in [0.2, 0.25) is 0 Å². The number of hydrogen-bond donors (Lipinski definition) is 2. The van der Waals surface area contributed by atoms with E-state index in [4.69, 9.17) is 10.2 Å². The van der Waals surface area contributed by atoms with Crippen molar-refractivity contribution in [1.82, 2.24) is 10.2 Å². The monoisotopic (exact) mass is 363 g/mol. The van der Waals surface area contributed by atoms with Gasteiger partial charge in [0.1, 0.15) is 5.76 Å². The van der Waals surface area contributed by atoms with Crippen LogP contribution >= 0.6 is 12.4 Å². The average molecular weight is 364 g/mol. The summed E-state index contributed by atoms with van der Waals surface area (Å²) in [7, 11) is 0. The van der Waals surface area contributed by atoms with Crippen LogP contribution in [0.25, 0.3) is 0 Å². The van der Waals surface area contributed by atoms with Gasteiger partial charge in [-0.1, -0.05) is 6.07 Å². The zero-order chi connectivity index (χ0) is 16.8. The number of likely N-dealkylation sites (tertiary alicyclic amines) is 1. The first-order valence-electron chi connectivity index (χ1n) is 8.59. The van der Waals surface area contributed by atoms with E-state index in [2.05, 4.69) is 10.2 Å². The molecule has 1 aliphatic rings. The maximum Gasteiger partial charge on any atom is 0.251 e. The Hall–Kier alpha value is -1.98. The molecule has 1 amide bonds. The molecule has 2 heterocycles. The lowest BCUT2D eigenvalue weighted by molar-refractivity contribution is 0.0945. The first-order chi connectivity index (χ1) is 11.7. The molecule has 1 aliphatic heterocycles. The largest absolute Gasteiger partial charge is 0.468 e. The summed E-state index contributed by atoms with van der Waals surface area (Å²) in [6.45, 7) is 3.76. The van der Waals surface area contributed by atoms with Crippen molar-refractivity contribution >= 4 is 24.0 Å². The van der Waals surface area contributed by atoms with Crippen molar-refractivity contribution in [3.05, 3.63) is 54.0 Å². The number of nitrogens with one attached hydrogen (secondary N) is 1. The van der Waals surface area contributed by atoms with Gasteiger partial charge in [0, 0.05) is 24.3 Å². The number of halogens is 1. The Morgan fingerprint density at radius 2 is 2.20 bits per heavy atom. The average Bonchev–Trinajstić information content (AvgIpc) is 3.08. The van der Waals surface area contributed by atoms with Gasteiger partial charge in [-0.3, -0.25) is 9.69 Å². The quantitative estimate of drug-likeness (QED) is 0.772. The Morgan fingerprint density at radius 3 is 2.96 bits per heavy atom. The van der Waals surface area contributed by atoms with Crippen LogP contribution in [0.5, 0.6) is 0 Å². The number of nitrogens with zero attached hydrogens (tertiary/aromatic N) is 1. The number of carbonyl (C=O) groups excluding carboxylic acids is 1. The molecule has 6 heteroatoms. The molecule has 1 aromatic heterocycles. The van der Waals surface area contributed by atoms with Gasteiger partial charge in [-0.05, 0) is 62.1 Å². The molecule has 1 aromatic carbocycles. The third-order valence-electron chi connectivity index (χ3n) is 4.55. The molecule has 0 spiro atoms. The molecule has 136 valence electrons. The second-order valence-corrected chi connectivity index (χ2v) is 6.49. The number of piperidine rings is 1. The van der Waals surface area contributed by atoms with E-state index < -0.39 is 0 Å². The standard InChI is InChI=1S/C19H25N3O2.ClH/c20-17-6-1-5-16(12-17)19(23)21-9-8-15-4-2-10-22(13-15)14-18-7-3-11-24-18;/h1,3,5-7,11-12,15H,2,4,8-10,13-14,20H2,(H,21,23);1H. The van der Waals surface area contributed by atoms with Crippen molar-refractivity contribution in [1.29, 1.82) is 0 Å². The topological polar surface area (TPSA) is 71.5 Å². The molecule has 0 aliphatic carbocycles. The van der Waals surface area contributed by atoms with Crippen molar-refractivity contribution < 1.29 is 9.21 Å². The number of nitrogen functional groups attached to an aromatic ring is 1. The number of anilines is 1. The van der Waals surface area contributed by atoms with Gasteiger partial charge in [0.05, 0.1) is 12.8 Å². The minimum absolute atomic E-state index is 0. The van der Waals surface area contributed by atoms with E-state index >= 15 is 0 Å². The number of benzene rings is 1. The fourth-order valence-electron chi connectivity index (χ4n) is 3.33. The van der Waals surface area contributed by atoms with Crippen molar-refractivity contribution in [2.75, 3.05) is 25.4 Å². The minimum atomic E-state index is -0.0504. The maximum atomic E-state index is 12.1. The molecule has 2 aromatic rings. The van der Waals surface area contributed by atoms with Crippen molar-refractivity contribution in [2.24, 2.45) is 5.92 Å². The van der Waals surface area contributed by atoms with E-state index in [0.717, 1.165) is 31.8 Å². The number of rotatable bonds is 6. The fraction of sp³-hybridized carbons (Fsp3) is 0.421. The van der Waals surface area contributed by atoms with Crippen LogP contribution in [0.4, 0.5) is 5.69 Å². The van der Waals surface area contributed by atoms with Crippen molar-refractivity contribution in [3.8, 4) is 0 Å². The van der Waals surface area contributed by atoms with Crippen LogP contribution in [0.15, 0.2) is 47.1 Å². The number of hydrogen-bond acceptors (Lipinski definition) is 4. The number of nitrogens with two attached hydrogens (primary N) is 1. The van der Waals surface area contributed by atoms with Gasteiger partial charge in [-0.2, -0.15) is 0 Å². The summed E-state index contributed by atoms with van der Waals surface area (Å²) in [4.78, 5) is 14.6. The van der Waals surface area contributed by atoms with Gasteiger partial charge < -0.3 is 15.5 Å². The Kier molecular flexibility index (Phi) is 7.34. The van der Waals surface area contributed by atoms with E-state index in [-0.39, 0.29) is 18.3 Å². The summed E-state index contributed by atoms with van der Waals surface area (Å²) < 4.78 is 5.43. The predicted octanol–water partition coefficient (Wildman–Crippen LogP) is 3.32. The molecule has 1 saturated heterocycles. The van der Waals surface area contributed by atoms with Crippen molar-refractivity contribution in [2.45, 2.75) is 25.8 Å². The predicted molar refractivity (Wildman–Crippen MR) is 102 cm³/mol. The lowest BCUT2D eigenvalue weighted by atomic mass is 9.94. The van der Waals surface area contributed by atoms with Gasteiger partial charge in [0.2, 0.25) is 0 Å². The second-order valence-electron chi connectivity index (χ2n) is 6.49. The Balaban J connectivity index is 0.00000225. The molecule has 0 saturated carbocycles. The highest BCUT2D eigenvalue weighted by atomic mass is 35.5. The van der Waals surface area contributed by atoms with Crippen LogP contribution in [-0.2, 0) is 6.54 Å².